The molecule has 116 valence electrons. The van der Waals surface area contributed by atoms with E-state index in [-0.39, 0.29) is 11.3 Å². The second-order valence-corrected chi connectivity index (χ2v) is 5.67. The van der Waals surface area contributed by atoms with Crippen LogP contribution in [0.1, 0.15) is 27.2 Å². The molecule has 0 saturated heterocycles. The van der Waals surface area contributed by atoms with Gasteiger partial charge in [-0.2, -0.15) is 5.10 Å². The normalized spacial score (nSPS) is 11.9. The van der Waals surface area contributed by atoms with Crippen molar-refractivity contribution in [1.82, 2.24) is 14.8 Å². The van der Waals surface area contributed by atoms with Gasteiger partial charge in [-0.05, 0) is 11.6 Å². The Kier molecular flexibility index (Phi) is 4.29. The molecule has 7 heteroatoms. The third kappa shape index (κ3) is 3.35. The fourth-order valence-electron chi connectivity index (χ4n) is 2.03. The van der Waals surface area contributed by atoms with Crippen molar-refractivity contribution in [3.63, 3.8) is 0 Å². The molecule has 0 aliphatic heterocycles. The number of hydrogen-bond acceptors (Lipinski definition) is 6. The molecule has 0 aliphatic rings. The van der Waals surface area contributed by atoms with Crippen LogP contribution in [0.2, 0.25) is 0 Å². The molecule has 0 fully saturated rings. The van der Waals surface area contributed by atoms with Crippen LogP contribution in [-0.4, -0.2) is 20.7 Å². The highest BCUT2D eigenvalue weighted by molar-refractivity contribution is 7.09. The van der Waals surface area contributed by atoms with Gasteiger partial charge in [-0.3, -0.25) is 4.79 Å². The minimum atomic E-state index is -0.609. The molecule has 23 heavy (non-hydrogen) atoms. The molecular formula is C16H13N3O3S. The minimum Gasteiger partial charge on any atom is -0.445 e. The predicted molar refractivity (Wildman–Crippen MR) is 85.3 cm³/mol. The van der Waals surface area contributed by atoms with Gasteiger partial charge in [-0.1, -0.05) is 30.3 Å². The highest BCUT2D eigenvalue weighted by Gasteiger charge is 2.23. The molecule has 0 saturated carbocycles. The van der Waals surface area contributed by atoms with Gasteiger partial charge in [0.1, 0.15) is 5.01 Å². The van der Waals surface area contributed by atoms with E-state index in [1.54, 1.807) is 6.20 Å². The van der Waals surface area contributed by atoms with Gasteiger partial charge >= 0.3 is 5.97 Å². The van der Waals surface area contributed by atoms with Gasteiger partial charge in [0.15, 0.2) is 11.8 Å². The summed E-state index contributed by atoms with van der Waals surface area (Å²) >= 11 is 1.40. The number of carbonyl (C=O) groups is 1. The topological polar surface area (TPSA) is 74.1 Å². The lowest BCUT2D eigenvalue weighted by Gasteiger charge is -2.16. The Morgan fingerprint density at radius 2 is 2.00 bits per heavy atom. The molecule has 0 aliphatic carbocycles. The van der Waals surface area contributed by atoms with Crippen molar-refractivity contribution in [1.29, 1.82) is 0 Å². The van der Waals surface area contributed by atoms with Crippen molar-refractivity contribution in [2.75, 3.05) is 0 Å². The summed E-state index contributed by atoms with van der Waals surface area (Å²) in [5.74, 6) is -0.607. The zero-order valence-corrected chi connectivity index (χ0v) is 13.1. The minimum absolute atomic E-state index is 0.0737. The summed E-state index contributed by atoms with van der Waals surface area (Å²) < 4.78 is 6.69. The number of aromatic nitrogens is 3. The Bertz CT molecular complexity index is 860. The fraction of sp³-hybridized carbons (Fsp3) is 0.125. The average molecular weight is 327 g/mol. The first-order chi connectivity index (χ1) is 11.1. The van der Waals surface area contributed by atoms with Crippen molar-refractivity contribution < 1.29 is 9.53 Å². The maximum absolute atomic E-state index is 12.4. The molecule has 0 spiro atoms. The molecule has 1 aromatic carbocycles. The molecule has 2 heterocycles. The van der Waals surface area contributed by atoms with Crippen molar-refractivity contribution in [2.24, 2.45) is 7.05 Å². The molecule has 0 amide bonds. The van der Waals surface area contributed by atoms with Crippen LogP contribution in [0.25, 0.3) is 0 Å². The summed E-state index contributed by atoms with van der Waals surface area (Å²) in [5.41, 5.74) is 0.603. The lowest BCUT2D eigenvalue weighted by Crippen LogP contribution is -2.22. The van der Waals surface area contributed by atoms with Crippen LogP contribution < -0.4 is 5.56 Å². The molecule has 0 bridgehead atoms. The van der Waals surface area contributed by atoms with Crippen molar-refractivity contribution in [2.45, 2.75) is 6.10 Å². The Morgan fingerprint density at radius 1 is 1.22 bits per heavy atom. The molecule has 6 nitrogen and oxygen atoms in total. The molecule has 1 unspecified atom stereocenters. The number of benzene rings is 1. The van der Waals surface area contributed by atoms with Crippen molar-refractivity contribution in [3.05, 3.63) is 80.7 Å². The number of rotatable bonds is 4. The predicted octanol–water partition coefficient (Wildman–Crippen LogP) is 2.18. The summed E-state index contributed by atoms with van der Waals surface area (Å²) in [6.45, 7) is 0. The third-order valence-corrected chi connectivity index (χ3v) is 3.99. The smallest absolute Gasteiger partial charge is 0.359 e. The van der Waals surface area contributed by atoms with E-state index in [9.17, 15) is 9.59 Å². The summed E-state index contributed by atoms with van der Waals surface area (Å²) in [5, 5.41) is 6.41. The second-order valence-electron chi connectivity index (χ2n) is 4.75. The van der Waals surface area contributed by atoms with Crippen LogP contribution in [0.4, 0.5) is 0 Å². The van der Waals surface area contributed by atoms with E-state index < -0.39 is 12.1 Å². The largest absolute Gasteiger partial charge is 0.445 e. The van der Waals surface area contributed by atoms with E-state index in [0.717, 1.165) is 10.2 Å². The molecule has 3 rings (SSSR count). The number of hydrogen-bond donors (Lipinski definition) is 0. The molecular weight excluding hydrogens is 314 g/mol. The number of thiazole rings is 1. The number of esters is 1. The molecule has 0 N–H and O–H groups in total. The van der Waals surface area contributed by atoms with Gasteiger partial charge < -0.3 is 4.74 Å². The first kappa shape index (κ1) is 15.1. The zero-order valence-electron chi connectivity index (χ0n) is 12.2. The third-order valence-electron chi connectivity index (χ3n) is 3.17. The van der Waals surface area contributed by atoms with Crippen LogP contribution in [0.5, 0.6) is 0 Å². The van der Waals surface area contributed by atoms with E-state index in [2.05, 4.69) is 10.1 Å². The van der Waals surface area contributed by atoms with Crippen molar-refractivity contribution in [3.8, 4) is 0 Å². The van der Waals surface area contributed by atoms with Gasteiger partial charge in [0, 0.05) is 24.7 Å². The quantitative estimate of drug-likeness (QED) is 0.687. The highest BCUT2D eigenvalue weighted by Crippen LogP contribution is 2.28. The fourth-order valence-corrected chi connectivity index (χ4v) is 2.72. The first-order valence-corrected chi connectivity index (χ1v) is 7.73. The Labute approximate surface area is 136 Å². The zero-order chi connectivity index (χ0) is 16.2. The highest BCUT2D eigenvalue weighted by atomic mass is 32.1. The average Bonchev–Trinajstić information content (AvgIpc) is 3.10. The summed E-state index contributed by atoms with van der Waals surface area (Å²) in [7, 11) is 1.48. The number of nitrogens with zero attached hydrogens (tertiary/aromatic N) is 3. The number of carbonyl (C=O) groups excluding carboxylic acids is 1. The Hall–Kier alpha value is -2.80. The van der Waals surface area contributed by atoms with Gasteiger partial charge in [0.2, 0.25) is 0 Å². The van der Waals surface area contributed by atoms with Gasteiger partial charge in [0.25, 0.3) is 5.56 Å². The molecule has 0 radical (unpaired) electrons. The van der Waals surface area contributed by atoms with Crippen LogP contribution in [-0.2, 0) is 11.8 Å². The second kappa shape index (κ2) is 6.53. The van der Waals surface area contributed by atoms with Crippen LogP contribution >= 0.6 is 11.3 Å². The number of ether oxygens (including phenoxy) is 1. The van der Waals surface area contributed by atoms with Crippen LogP contribution in [0, 0.1) is 0 Å². The lowest BCUT2D eigenvalue weighted by atomic mass is 10.1. The van der Waals surface area contributed by atoms with Crippen molar-refractivity contribution >= 4 is 17.3 Å². The SMILES string of the molecule is Cn1nc(C(=O)OC(c2ccccc2)c2nccs2)ccc1=O. The maximum atomic E-state index is 12.4. The van der Waals surface area contributed by atoms with Gasteiger partial charge in [-0.25, -0.2) is 14.5 Å². The summed E-state index contributed by atoms with van der Waals surface area (Å²) in [4.78, 5) is 28.0. The van der Waals surface area contributed by atoms with E-state index >= 15 is 0 Å². The van der Waals surface area contributed by atoms with Gasteiger partial charge in [0.05, 0.1) is 0 Å². The van der Waals surface area contributed by atoms with E-state index in [1.165, 1.54) is 30.5 Å². The van der Waals surface area contributed by atoms with E-state index in [1.807, 2.05) is 35.7 Å². The van der Waals surface area contributed by atoms with E-state index in [0.29, 0.717) is 5.01 Å². The first-order valence-electron chi connectivity index (χ1n) is 6.85. The summed E-state index contributed by atoms with van der Waals surface area (Å²) in [6, 6.07) is 12.0. The maximum Gasteiger partial charge on any atom is 0.359 e. The van der Waals surface area contributed by atoms with Crippen LogP contribution in [0.15, 0.2) is 58.8 Å². The van der Waals surface area contributed by atoms with Crippen LogP contribution in [0.3, 0.4) is 0 Å². The molecule has 2 aromatic heterocycles. The Morgan fingerprint density at radius 3 is 2.65 bits per heavy atom. The molecule has 3 aromatic rings. The monoisotopic (exact) mass is 327 g/mol. The number of aryl methyl sites for hydroxylation is 1. The molecule has 1 atom stereocenters. The van der Waals surface area contributed by atoms with Gasteiger partial charge in [-0.15, -0.1) is 11.3 Å². The standard InChI is InChI=1S/C16H13N3O3S/c1-19-13(20)8-7-12(18-19)16(21)22-14(15-17-9-10-23-15)11-5-3-2-4-6-11/h2-10,14H,1H3. The lowest BCUT2D eigenvalue weighted by molar-refractivity contribution is 0.0367. The Balaban J connectivity index is 1.91. The van der Waals surface area contributed by atoms with E-state index in [4.69, 9.17) is 4.74 Å². The summed E-state index contributed by atoms with van der Waals surface area (Å²) in [6.07, 6.45) is 1.05.